The molecule has 3 rings (SSSR count). The van der Waals surface area contributed by atoms with Gasteiger partial charge in [0.1, 0.15) is 10.6 Å². The van der Waals surface area contributed by atoms with Gasteiger partial charge in [-0.05, 0) is 55.3 Å². The third kappa shape index (κ3) is 4.39. The molecular formula is C20H25N3O6S2. The van der Waals surface area contributed by atoms with Crippen molar-refractivity contribution in [1.29, 1.82) is 0 Å². The molecule has 0 saturated heterocycles. The molecule has 168 valence electrons. The highest BCUT2D eigenvalue weighted by atomic mass is 32.2. The summed E-state index contributed by atoms with van der Waals surface area (Å²) in [4.78, 5) is 12.7. The van der Waals surface area contributed by atoms with Crippen molar-refractivity contribution in [2.45, 2.75) is 24.3 Å². The summed E-state index contributed by atoms with van der Waals surface area (Å²) in [6.45, 7) is 1.81. The number of carbonyl (C=O) groups is 1. The molecule has 1 aliphatic heterocycles. The number of carbonyl (C=O) groups excluding carboxylic acids is 1. The van der Waals surface area contributed by atoms with E-state index >= 15 is 0 Å². The average molecular weight is 468 g/mol. The monoisotopic (exact) mass is 467 g/mol. The van der Waals surface area contributed by atoms with Gasteiger partial charge in [0.15, 0.2) is 0 Å². The number of hydrogen-bond donors (Lipinski definition) is 1. The lowest BCUT2D eigenvalue weighted by Crippen LogP contribution is -2.34. The molecule has 1 N–H and O–H groups in total. The lowest BCUT2D eigenvalue weighted by Gasteiger charge is -2.21. The smallest absolute Gasteiger partial charge is 0.255 e. The van der Waals surface area contributed by atoms with Crippen LogP contribution in [0.5, 0.6) is 5.75 Å². The summed E-state index contributed by atoms with van der Waals surface area (Å²) >= 11 is 0. The molecule has 0 radical (unpaired) electrons. The first kappa shape index (κ1) is 23.0. The molecule has 2 aromatic rings. The van der Waals surface area contributed by atoms with E-state index < -0.39 is 26.0 Å². The summed E-state index contributed by atoms with van der Waals surface area (Å²) < 4.78 is 56.8. The zero-order valence-corrected chi connectivity index (χ0v) is 19.5. The summed E-state index contributed by atoms with van der Waals surface area (Å²) in [6.07, 6.45) is 1.65. The molecular weight excluding hydrogens is 442 g/mol. The van der Waals surface area contributed by atoms with Gasteiger partial charge in [0, 0.05) is 31.4 Å². The predicted molar refractivity (Wildman–Crippen MR) is 119 cm³/mol. The van der Waals surface area contributed by atoms with E-state index in [9.17, 15) is 21.6 Å². The Balaban J connectivity index is 1.91. The number of nitrogens with zero attached hydrogens (tertiary/aromatic N) is 2. The molecule has 11 heteroatoms. The fraction of sp³-hybridized carbons (Fsp3) is 0.350. The number of amides is 1. The van der Waals surface area contributed by atoms with E-state index in [1.165, 1.54) is 37.6 Å². The third-order valence-electron chi connectivity index (χ3n) is 5.03. The van der Waals surface area contributed by atoms with Gasteiger partial charge in [0.05, 0.1) is 19.1 Å². The van der Waals surface area contributed by atoms with E-state index in [0.29, 0.717) is 17.7 Å². The molecule has 1 atom stereocenters. The molecule has 2 aromatic carbocycles. The molecule has 0 saturated carbocycles. The number of benzene rings is 2. The van der Waals surface area contributed by atoms with E-state index in [1.807, 2.05) is 6.92 Å². The highest BCUT2D eigenvalue weighted by molar-refractivity contribution is 7.92. The number of hydrogen-bond acceptors (Lipinski definition) is 6. The Morgan fingerprint density at radius 1 is 1.13 bits per heavy atom. The van der Waals surface area contributed by atoms with Gasteiger partial charge in [-0.2, -0.15) is 0 Å². The maximum atomic E-state index is 12.8. The Labute approximate surface area is 182 Å². The average Bonchev–Trinajstić information content (AvgIpc) is 3.02. The number of ether oxygens (including phenoxy) is 1. The Morgan fingerprint density at radius 3 is 2.39 bits per heavy atom. The van der Waals surface area contributed by atoms with Crippen LogP contribution in [0.1, 0.15) is 22.8 Å². The topological polar surface area (TPSA) is 113 Å². The maximum absolute atomic E-state index is 12.8. The number of methoxy groups -OCH3 is 1. The summed E-state index contributed by atoms with van der Waals surface area (Å²) in [5, 5.41) is 2.70. The molecule has 0 fully saturated rings. The van der Waals surface area contributed by atoms with Gasteiger partial charge < -0.3 is 10.1 Å². The number of rotatable bonds is 6. The Hall–Kier alpha value is -2.63. The van der Waals surface area contributed by atoms with Crippen LogP contribution in [0.2, 0.25) is 0 Å². The van der Waals surface area contributed by atoms with Crippen molar-refractivity contribution in [3.05, 3.63) is 47.5 Å². The largest absolute Gasteiger partial charge is 0.495 e. The van der Waals surface area contributed by atoms with E-state index in [1.54, 1.807) is 24.3 Å². The third-order valence-corrected chi connectivity index (χ3v) is 8.14. The van der Waals surface area contributed by atoms with E-state index in [4.69, 9.17) is 4.74 Å². The van der Waals surface area contributed by atoms with Crippen LogP contribution in [-0.2, 0) is 26.5 Å². The first-order valence-corrected chi connectivity index (χ1v) is 12.7. The second-order valence-corrected chi connectivity index (χ2v) is 11.5. The first-order valence-electron chi connectivity index (χ1n) is 9.40. The summed E-state index contributed by atoms with van der Waals surface area (Å²) in [5.41, 5.74) is 1.96. The Bertz CT molecular complexity index is 1240. The standard InChI is InChI=1S/C20H25N3O6S2/c1-13-10-15-11-14(6-8-17(15)23(13)30(5,25)26)20(24)21-16-7-9-18(29-4)19(12-16)31(27,28)22(2)3/h6-9,11-13H,10H2,1-5H3,(H,21,24)/t13-/m1/s1. The SMILES string of the molecule is COc1ccc(NC(=O)c2ccc3c(c2)C[C@@H](C)N3S(C)(=O)=O)cc1S(=O)(=O)N(C)C. The van der Waals surface area contributed by atoms with Crippen LogP contribution < -0.4 is 14.4 Å². The zero-order chi connectivity index (χ0) is 23.1. The molecule has 9 nitrogen and oxygen atoms in total. The van der Waals surface area contributed by atoms with Crippen molar-refractivity contribution in [2.24, 2.45) is 0 Å². The van der Waals surface area contributed by atoms with E-state index in [-0.39, 0.29) is 22.4 Å². The number of sulfonamides is 2. The summed E-state index contributed by atoms with van der Waals surface area (Å²) in [7, 11) is -3.02. The van der Waals surface area contributed by atoms with Crippen LogP contribution in [0.3, 0.4) is 0 Å². The van der Waals surface area contributed by atoms with Crippen LogP contribution in [-0.4, -0.2) is 60.6 Å². The van der Waals surface area contributed by atoms with Crippen molar-refractivity contribution in [1.82, 2.24) is 4.31 Å². The fourth-order valence-corrected chi connectivity index (χ4v) is 5.94. The Kier molecular flexibility index (Phi) is 6.05. The zero-order valence-electron chi connectivity index (χ0n) is 17.9. The second kappa shape index (κ2) is 8.13. The van der Waals surface area contributed by atoms with Gasteiger partial charge in [0.2, 0.25) is 20.0 Å². The summed E-state index contributed by atoms with van der Waals surface area (Å²) in [6, 6.07) is 8.95. The van der Waals surface area contributed by atoms with Crippen LogP contribution in [0, 0.1) is 0 Å². The Morgan fingerprint density at radius 2 is 1.81 bits per heavy atom. The van der Waals surface area contributed by atoms with Gasteiger partial charge >= 0.3 is 0 Å². The van der Waals surface area contributed by atoms with E-state index in [2.05, 4.69) is 5.32 Å². The first-order chi connectivity index (χ1) is 14.4. The second-order valence-electron chi connectivity index (χ2n) is 7.56. The summed E-state index contributed by atoms with van der Waals surface area (Å²) in [5.74, 6) is -0.272. The lowest BCUT2D eigenvalue weighted by molar-refractivity contribution is 0.102. The number of anilines is 2. The van der Waals surface area contributed by atoms with Crippen LogP contribution >= 0.6 is 0 Å². The highest BCUT2D eigenvalue weighted by Crippen LogP contribution is 2.35. The molecule has 31 heavy (non-hydrogen) atoms. The quantitative estimate of drug-likeness (QED) is 0.694. The minimum Gasteiger partial charge on any atom is -0.495 e. The van der Waals surface area contributed by atoms with Gasteiger partial charge in [-0.1, -0.05) is 0 Å². The normalized spacial score (nSPS) is 16.3. The van der Waals surface area contributed by atoms with Gasteiger partial charge in [-0.3, -0.25) is 9.10 Å². The van der Waals surface area contributed by atoms with E-state index in [0.717, 1.165) is 16.1 Å². The minimum atomic E-state index is -3.78. The molecule has 0 spiro atoms. The molecule has 1 aliphatic rings. The van der Waals surface area contributed by atoms with Crippen molar-refractivity contribution >= 4 is 37.3 Å². The van der Waals surface area contributed by atoms with Crippen molar-refractivity contribution < 1.29 is 26.4 Å². The highest BCUT2D eigenvalue weighted by Gasteiger charge is 2.33. The van der Waals surface area contributed by atoms with Crippen LogP contribution in [0.4, 0.5) is 11.4 Å². The molecule has 0 aliphatic carbocycles. The van der Waals surface area contributed by atoms with Crippen molar-refractivity contribution in [2.75, 3.05) is 37.1 Å². The maximum Gasteiger partial charge on any atom is 0.255 e. The van der Waals surface area contributed by atoms with Gasteiger partial charge in [0.25, 0.3) is 5.91 Å². The number of nitrogens with one attached hydrogen (secondary N) is 1. The number of fused-ring (bicyclic) bond motifs is 1. The van der Waals surface area contributed by atoms with Crippen molar-refractivity contribution in [3.8, 4) is 5.75 Å². The molecule has 1 heterocycles. The molecule has 0 unspecified atom stereocenters. The predicted octanol–water partition coefficient (Wildman–Crippen LogP) is 1.91. The van der Waals surface area contributed by atoms with Gasteiger partial charge in [-0.15, -0.1) is 0 Å². The molecule has 0 bridgehead atoms. The van der Waals surface area contributed by atoms with Crippen molar-refractivity contribution in [3.63, 3.8) is 0 Å². The molecule has 1 amide bonds. The van der Waals surface area contributed by atoms with Crippen LogP contribution in [0.25, 0.3) is 0 Å². The fourth-order valence-electron chi connectivity index (χ4n) is 3.61. The minimum absolute atomic E-state index is 0.0654. The lowest BCUT2D eigenvalue weighted by atomic mass is 10.1. The van der Waals surface area contributed by atoms with Crippen LogP contribution in [0.15, 0.2) is 41.3 Å². The molecule has 0 aromatic heterocycles. The van der Waals surface area contributed by atoms with Gasteiger partial charge in [-0.25, -0.2) is 21.1 Å².